The second-order valence-electron chi connectivity index (χ2n) is 5.78. The SMILES string of the molecule is CNc1nc(-c2ccc(C(C)C)cc2)nc(C(C)C)c1I. The zero-order chi connectivity index (χ0) is 15.6. The Morgan fingerprint density at radius 2 is 1.57 bits per heavy atom. The molecular weight excluding hydrogens is 373 g/mol. The van der Waals surface area contributed by atoms with Gasteiger partial charge in [0.05, 0.1) is 9.26 Å². The Hall–Kier alpha value is -1.17. The first kappa shape index (κ1) is 16.2. The van der Waals surface area contributed by atoms with E-state index >= 15 is 0 Å². The Balaban J connectivity index is 2.50. The van der Waals surface area contributed by atoms with Gasteiger partial charge in [0.15, 0.2) is 5.82 Å². The van der Waals surface area contributed by atoms with E-state index in [1.807, 2.05) is 7.05 Å². The van der Waals surface area contributed by atoms with Gasteiger partial charge in [0.1, 0.15) is 5.82 Å². The van der Waals surface area contributed by atoms with E-state index in [1.165, 1.54) is 5.56 Å². The fraction of sp³-hybridized carbons (Fsp3) is 0.412. The third-order valence-corrected chi connectivity index (χ3v) is 4.56. The third kappa shape index (κ3) is 3.54. The number of aromatic nitrogens is 2. The van der Waals surface area contributed by atoms with Crippen LogP contribution in [0.25, 0.3) is 11.4 Å². The minimum Gasteiger partial charge on any atom is -0.372 e. The van der Waals surface area contributed by atoms with Crippen molar-refractivity contribution in [3.05, 3.63) is 39.1 Å². The third-order valence-electron chi connectivity index (χ3n) is 3.50. The summed E-state index contributed by atoms with van der Waals surface area (Å²) < 4.78 is 1.10. The lowest BCUT2D eigenvalue weighted by atomic mass is 10.0. The first-order valence-corrected chi connectivity index (χ1v) is 8.37. The summed E-state index contributed by atoms with van der Waals surface area (Å²) >= 11 is 2.32. The zero-order valence-corrected chi connectivity index (χ0v) is 15.4. The second kappa shape index (κ2) is 6.73. The Bertz CT molecular complexity index is 619. The Kier molecular flexibility index (Phi) is 5.19. The van der Waals surface area contributed by atoms with Crippen LogP contribution in [0.5, 0.6) is 0 Å². The van der Waals surface area contributed by atoms with E-state index in [9.17, 15) is 0 Å². The van der Waals surface area contributed by atoms with Gasteiger partial charge in [0, 0.05) is 12.6 Å². The number of rotatable bonds is 4. The van der Waals surface area contributed by atoms with Crippen LogP contribution in [0.4, 0.5) is 5.82 Å². The summed E-state index contributed by atoms with van der Waals surface area (Å²) in [6.45, 7) is 8.73. The van der Waals surface area contributed by atoms with Crippen LogP contribution in [0.2, 0.25) is 0 Å². The molecule has 2 aromatic rings. The number of halogens is 1. The molecule has 0 aliphatic carbocycles. The van der Waals surface area contributed by atoms with Gasteiger partial charge in [-0.05, 0) is 40.0 Å². The molecule has 0 amide bonds. The van der Waals surface area contributed by atoms with Crippen molar-refractivity contribution < 1.29 is 0 Å². The van der Waals surface area contributed by atoms with Crippen LogP contribution in [-0.2, 0) is 0 Å². The average Bonchev–Trinajstić information content (AvgIpc) is 2.47. The van der Waals surface area contributed by atoms with Gasteiger partial charge in [-0.2, -0.15) is 0 Å². The van der Waals surface area contributed by atoms with Crippen molar-refractivity contribution in [2.24, 2.45) is 0 Å². The molecule has 0 atom stereocenters. The summed E-state index contributed by atoms with van der Waals surface area (Å²) in [6, 6.07) is 8.55. The van der Waals surface area contributed by atoms with Crippen LogP contribution in [-0.4, -0.2) is 17.0 Å². The molecule has 0 saturated carbocycles. The maximum Gasteiger partial charge on any atom is 0.161 e. The number of anilines is 1. The summed E-state index contributed by atoms with van der Waals surface area (Å²) in [6.07, 6.45) is 0. The van der Waals surface area contributed by atoms with E-state index in [-0.39, 0.29) is 0 Å². The predicted molar refractivity (Wildman–Crippen MR) is 97.9 cm³/mol. The summed E-state index contributed by atoms with van der Waals surface area (Å²) in [4.78, 5) is 9.42. The van der Waals surface area contributed by atoms with Crippen molar-refractivity contribution in [1.82, 2.24) is 9.97 Å². The maximum atomic E-state index is 4.77. The smallest absolute Gasteiger partial charge is 0.161 e. The van der Waals surface area contributed by atoms with Gasteiger partial charge in [-0.3, -0.25) is 0 Å². The minimum absolute atomic E-state index is 0.376. The number of hydrogen-bond acceptors (Lipinski definition) is 3. The molecule has 21 heavy (non-hydrogen) atoms. The van der Waals surface area contributed by atoms with E-state index in [4.69, 9.17) is 4.98 Å². The molecule has 0 bridgehead atoms. The van der Waals surface area contributed by atoms with Crippen LogP contribution < -0.4 is 5.32 Å². The van der Waals surface area contributed by atoms with Gasteiger partial charge >= 0.3 is 0 Å². The molecule has 0 saturated heterocycles. The number of nitrogens with one attached hydrogen (secondary N) is 1. The van der Waals surface area contributed by atoms with Crippen LogP contribution >= 0.6 is 22.6 Å². The Morgan fingerprint density at radius 1 is 0.952 bits per heavy atom. The maximum absolute atomic E-state index is 4.77. The molecule has 0 unspecified atom stereocenters. The lowest BCUT2D eigenvalue weighted by molar-refractivity contribution is 0.809. The second-order valence-corrected chi connectivity index (χ2v) is 6.86. The van der Waals surface area contributed by atoms with E-state index < -0.39 is 0 Å². The molecular formula is C17H22IN3. The van der Waals surface area contributed by atoms with Crippen molar-refractivity contribution in [3.8, 4) is 11.4 Å². The van der Waals surface area contributed by atoms with E-state index in [0.29, 0.717) is 11.8 Å². The molecule has 0 spiro atoms. The topological polar surface area (TPSA) is 37.8 Å². The highest BCUT2D eigenvalue weighted by Gasteiger charge is 2.15. The summed E-state index contributed by atoms with van der Waals surface area (Å²) in [5.74, 6) is 2.60. The highest BCUT2D eigenvalue weighted by molar-refractivity contribution is 14.1. The standard InChI is InChI=1S/C17H22IN3/c1-10(2)12-6-8-13(9-7-12)16-20-15(11(3)4)14(18)17(19-5)21-16/h6-11H,1-5H3,(H,19,20,21). The highest BCUT2D eigenvalue weighted by atomic mass is 127. The molecule has 0 aliphatic heterocycles. The molecule has 0 aliphatic rings. The molecule has 1 aromatic heterocycles. The van der Waals surface area contributed by atoms with E-state index in [1.54, 1.807) is 0 Å². The zero-order valence-electron chi connectivity index (χ0n) is 13.2. The minimum atomic E-state index is 0.376. The van der Waals surface area contributed by atoms with Gasteiger partial charge in [-0.25, -0.2) is 9.97 Å². The predicted octanol–water partition coefficient (Wildman–Crippen LogP) is 5.04. The van der Waals surface area contributed by atoms with Crippen molar-refractivity contribution in [3.63, 3.8) is 0 Å². The highest BCUT2D eigenvalue weighted by Crippen LogP contribution is 2.28. The lowest BCUT2D eigenvalue weighted by Gasteiger charge is -2.14. The normalized spacial score (nSPS) is 11.2. The Morgan fingerprint density at radius 3 is 2.05 bits per heavy atom. The van der Waals surface area contributed by atoms with Crippen molar-refractivity contribution in [1.29, 1.82) is 0 Å². The first-order chi connectivity index (χ1) is 9.93. The molecule has 4 heteroatoms. The van der Waals surface area contributed by atoms with Crippen molar-refractivity contribution in [2.75, 3.05) is 12.4 Å². The molecule has 1 heterocycles. The van der Waals surface area contributed by atoms with Crippen LogP contribution in [0.1, 0.15) is 50.8 Å². The number of hydrogen-bond donors (Lipinski definition) is 1. The molecule has 112 valence electrons. The summed E-state index contributed by atoms with van der Waals surface area (Å²) in [5.41, 5.74) is 3.49. The van der Waals surface area contributed by atoms with Crippen LogP contribution in [0.3, 0.4) is 0 Å². The van der Waals surface area contributed by atoms with Gasteiger partial charge in [0.25, 0.3) is 0 Å². The van der Waals surface area contributed by atoms with Gasteiger partial charge in [-0.1, -0.05) is 52.0 Å². The first-order valence-electron chi connectivity index (χ1n) is 7.29. The van der Waals surface area contributed by atoms with Gasteiger partial charge < -0.3 is 5.32 Å². The van der Waals surface area contributed by atoms with Crippen molar-refractivity contribution in [2.45, 2.75) is 39.5 Å². The fourth-order valence-electron chi connectivity index (χ4n) is 2.16. The molecule has 0 radical (unpaired) electrons. The van der Waals surface area contributed by atoms with Crippen molar-refractivity contribution >= 4 is 28.4 Å². The average molecular weight is 395 g/mol. The van der Waals surface area contributed by atoms with Crippen LogP contribution in [0.15, 0.2) is 24.3 Å². The quantitative estimate of drug-likeness (QED) is 0.738. The summed E-state index contributed by atoms with van der Waals surface area (Å²) in [7, 11) is 1.90. The largest absolute Gasteiger partial charge is 0.372 e. The fourth-order valence-corrected chi connectivity index (χ4v) is 3.29. The monoisotopic (exact) mass is 395 g/mol. The molecule has 2 rings (SSSR count). The molecule has 1 N–H and O–H groups in total. The van der Waals surface area contributed by atoms with E-state index in [2.05, 4.69) is 84.9 Å². The molecule has 3 nitrogen and oxygen atoms in total. The van der Waals surface area contributed by atoms with Gasteiger partial charge in [0.2, 0.25) is 0 Å². The summed E-state index contributed by atoms with van der Waals surface area (Å²) in [5, 5.41) is 3.17. The number of benzene rings is 1. The lowest BCUT2D eigenvalue weighted by Crippen LogP contribution is -2.06. The van der Waals surface area contributed by atoms with E-state index in [0.717, 1.165) is 26.5 Å². The van der Waals surface area contributed by atoms with Crippen LogP contribution in [0, 0.1) is 3.57 Å². The van der Waals surface area contributed by atoms with Gasteiger partial charge in [-0.15, -0.1) is 0 Å². The number of nitrogens with zero attached hydrogens (tertiary/aromatic N) is 2. The Labute approximate surface area is 140 Å². The molecule has 0 fully saturated rings. The molecule has 1 aromatic carbocycles.